The SMILES string of the molecule is CC1(C)Cc2ccccc2C(NC(=S)NC(=O)c2ccccc2)=C1C#N. The van der Waals surface area contributed by atoms with Crippen molar-refractivity contribution in [3.63, 3.8) is 0 Å². The van der Waals surface area contributed by atoms with Crippen LogP contribution < -0.4 is 10.6 Å². The third kappa shape index (κ3) is 3.51. The minimum atomic E-state index is -0.315. The fourth-order valence-electron chi connectivity index (χ4n) is 3.20. The molecule has 0 aliphatic heterocycles. The largest absolute Gasteiger partial charge is 0.331 e. The number of benzene rings is 2. The monoisotopic (exact) mass is 361 g/mol. The van der Waals surface area contributed by atoms with Crippen LogP contribution in [0.3, 0.4) is 0 Å². The second kappa shape index (κ2) is 7.11. The van der Waals surface area contributed by atoms with Crippen molar-refractivity contribution in [2.24, 2.45) is 5.41 Å². The Bertz CT molecular complexity index is 939. The van der Waals surface area contributed by atoms with Crippen LogP contribution in [0.5, 0.6) is 0 Å². The van der Waals surface area contributed by atoms with E-state index in [0.29, 0.717) is 16.8 Å². The first-order chi connectivity index (χ1) is 12.4. The zero-order valence-electron chi connectivity index (χ0n) is 14.7. The molecule has 26 heavy (non-hydrogen) atoms. The molecule has 0 radical (unpaired) electrons. The molecule has 0 aromatic heterocycles. The number of carbonyl (C=O) groups is 1. The average molecular weight is 361 g/mol. The first-order valence-electron chi connectivity index (χ1n) is 8.33. The third-order valence-electron chi connectivity index (χ3n) is 4.46. The number of amides is 1. The van der Waals surface area contributed by atoms with E-state index >= 15 is 0 Å². The lowest BCUT2D eigenvalue weighted by Gasteiger charge is -2.33. The molecule has 4 nitrogen and oxygen atoms in total. The lowest BCUT2D eigenvalue weighted by molar-refractivity contribution is 0.0977. The summed E-state index contributed by atoms with van der Waals surface area (Å²) < 4.78 is 0. The zero-order chi connectivity index (χ0) is 18.7. The van der Waals surface area contributed by atoms with Crippen molar-refractivity contribution in [3.05, 3.63) is 76.9 Å². The van der Waals surface area contributed by atoms with Crippen molar-refractivity contribution in [2.75, 3.05) is 0 Å². The smallest absolute Gasteiger partial charge is 0.257 e. The van der Waals surface area contributed by atoms with Gasteiger partial charge < -0.3 is 5.32 Å². The molecule has 0 spiro atoms. The molecule has 0 bridgehead atoms. The molecule has 5 heteroatoms. The molecule has 0 fully saturated rings. The number of nitrogens with one attached hydrogen (secondary N) is 2. The van der Waals surface area contributed by atoms with Crippen molar-refractivity contribution in [3.8, 4) is 6.07 Å². The lowest BCUT2D eigenvalue weighted by Crippen LogP contribution is -2.40. The van der Waals surface area contributed by atoms with E-state index < -0.39 is 0 Å². The summed E-state index contributed by atoms with van der Waals surface area (Å²) in [6.07, 6.45) is 0.778. The Hall–Kier alpha value is -2.97. The van der Waals surface area contributed by atoms with Crippen LogP contribution in [-0.2, 0) is 6.42 Å². The van der Waals surface area contributed by atoms with Gasteiger partial charge in [-0.05, 0) is 36.3 Å². The summed E-state index contributed by atoms with van der Waals surface area (Å²) >= 11 is 5.33. The summed E-state index contributed by atoms with van der Waals surface area (Å²) in [5, 5.41) is 15.7. The number of hydrogen-bond acceptors (Lipinski definition) is 3. The highest BCUT2D eigenvalue weighted by Gasteiger charge is 2.33. The molecule has 130 valence electrons. The highest BCUT2D eigenvalue weighted by atomic mass is 32.1. The van der Waals surface area contributed by atoms with Gasteiger partial charge in [-0.2, -0.15) is 5.26 Å². The molecule has 1 aliphatic carbocycles. The Morgan fingerprint density at radius 1 is 1.12 bits per heavy atom. The fourth-order valence-corrected chi connectivity index (χ4v) is 3.40. The summed E-state index contributed by atoms with van der Waals surface area (Å²) in [4.78, 5) is 12.3. The molecule has 0 heterocycles. The van der Waals surface area contributed by atoms with Gasteiger partial charge in [-0.25, -0.2) is 0 Å². The van der Waals surface area contributed by atoms with Crippen LogP contribution in [0, 0.1) is 16.7 Å². The molecule has 1 aliphatic rings. The van der Waals surface area contributed by atoms with Gasteiger partial charge in [0.15, 0.2) is 5.11 Å². The Kier molecular flexibility index (Phi) is 4.88. The summed E-state index contributed by atoms with van der Waals surface area (Å²) in [6, 6.07) is 19.1. The van der Waals surface area contributed by atoms with E-state index in [2.05, 4.69) is 22.8 Å². The summed E-state index contributed by atoms with van der Waals surface area (Å²) in [6.45, 7) is 4.07. The normalized spacial score (nSPS) is 14.8. The molecular weight excluding hydrogens is 342 g/mol. The van der Waals surface area contributed by atoms with E-state index in [1.54, 1.807) is 24.3 Å². The van der Waals surface area contributed by atoms with E-state index in [1.807, 2.05) is 38.1 Å². The zero-order valence-corrected chi connectivity index (χ0v) is 15.5. The third-order valence-corrected chi connectivity index (χ3v) is 4.66. The van der Waals surface area contributed by atoms with Crippen molar-refractivity contribution < 1.29 is 4.79 Å². The Morgan fingerprint density at radius 2 is 1.77 bits per heavy atom. The van der Waals surface area contributed by atoms with Gasteiger partial charge in [0, 0.05) is 16.5 Å². The predicted molar refractivity (Wildman–Crippen MR) is 106 cm³/mol. The molecular formula is C21H19N3OS. The molecule has 0 saturated carbocycles. The molecule has 2 N–H and O–H groups in total. The van der Waals surface area contributed by atoms with Gasteiger partial charge in [0.25, 0.3) is 5.91 Å². The number of hydrogen-bond donors (Lipinski definition) is 2. The molecule has 0 saturated heterocycles. The van der Waals surface area contributed by atoms with Crippen LogP contribution in [-0.4, -0.2) is 11.0 Å². The summed E-state index contributed by atoms with van der Waals surface area (Å²) in [5.74, 6) is -0.287. The fraction of sp³-hybridized carbons (Fsp3) is 0.190. The van der Waals surface area contributed by atoms with Crippen LogP contribution >= 0.6 is 12.2 Å². The average Bonchev–Trinajstić information content (AvgIpc) is 2.61. The second-order valence-corrected chi connectivity index (χ2v) is 7.26. The van der Waals surface area contributed by atoms with Gasteiger partial charge in [-0.1, -0.05) is 56.3 Å². The van der Waals surface area contributed by atoms with Crippen molar-refractivity contribution in [1.82, 2.24) is 10.6 Å². The summed E-state index contributed by atoms with van der Waals surface area (Å²) in [5.41, 5.74) is 3.60. The van der Waals surface area contributed by atoms with Gasteiger partial charge in [0.1, 0.15) is 0 Å². The number of thiocarbonyl (C=S) groups is 1. The number of fused-ring (bicyclic) bond motifs is 1. The van der Waals surface area contributed by atoms with E-state index in [-0.39, 0.29) is 16.4 Å². The van der Waals surface area contributed by atoms with Crippen molar-refractivity contribution in [1.29, 1.82) is 5.26 Å². The molecule has 2 aromatic carbocycles. The standard InChI is InChI=1S/C21H19N3OS/c1-21(2)12-15-10-6-7-11-16(15)18(17(21)13-22)23-20(26)24-19(25)14-8-4-3-5-9-14/h3-11H,12H2,1-2H3,(H2,23,24,25,26). The van der Waals surface area contributed by atoms with Gasteiger partial charge in [0.05, 0.1) is 17.3 Å². The predicted octanol–water partition coefficient (Wildman–Crippen LogP) is 3.81. The molecule has 1 amide bonds. The minimum Gasteiger partial charge on any atom is -0.331 e. The van der Waals surface area contributed by atoms with E-state index in [1.165, 1.54) is 0 Å². The Labute approximate surface area is 158 Å². The topological polar surface area (TPSA) is 64.9 Å². The highest BCUT2D eigenvalue weighted by Crippen LogP contribution is 2.41. The number of rotatable bonds is 2. The van der Waals surface area contributed by atoms with E-state index in [9.17, 15) is 10.1 Å². The lowest BCUT2D eigenvalue weighted by atomic mass is 9.72. The van der Waals surface area contributed by atoms with Gasteiger partial charge in [0.2, 0.25) is 0 Å². The van der Waals surface area contributed by atoms with Crippen LogP contribution in [0.4, 0.5) is 0 Å². The maximum absolute atomic E-state index is 12.3. The number of nitriles is 1. The van der Waals surface area contributed by atoms with Crippen LogP contribution in [0.1, 0.15) is 35.3 Å². The molecule has 3 rings (SSSR count). The van der Waals surface area contributed by atoms with Gasteiger partial charge in [-0.3, -0.25) is 10.1 Å². The van der Waals surface area contributed by atoms with Crippen molar-refractivity contribution >= 4 is 28.9 Å². The van der Waals surface area contributed by atoms with E-state index in [0.717, 1.165) is 17.5 Å². The van der Waals surface area contributed by atoms with Crippen molar-refractivity contribution in [2.45, 2.75) is 20.3 Å². The first-order valence-corrected chi connectivity index (χ1v) is 8.74. The van der Waals surface area contributed by atoms with Gasteiger partial charge in [-0.15, -0.1) is 0 Å². The Morgan fingerprint density at radius 3 is 2.46 bits per heavy atom. The highest BCUT2D eigenvalue weighted by molar-refractivity contribution is 7.80. The van der Waals surface area contributed by atoms with Crippen LogP contribution in [0.15, 0.2) is 60.2 Å². The molecule has 0 unspecified atom stereocenters. The molecule has 2 aromatic rings. The van der Waals surface area contributed by atoms with Crippen LogP contribution in [0.25, 0.3) is 5.70 Å². The maximum Gasteiger partial charge on any atom is 0.257 e. The maximum atomic E-state index is 12.3. The Balaban J connectivity index is 1.89. The second-order valence-electron chi connectivity index (χ2n) is 6.85. The minimum absolute atomic E-state index is 0.175. The number of allylic oxidation sites excluding steroid dienone is 1. The number of carbonyl (C=O) groups excluding carboxylic acids is 1. The number of nitrogens with zero attached hydrogens (tertiary/aromatic N) is 1. The summed E-state index contributed by atoms with van der Waals surface area (Å²) in [7, 11) is 0. The first kappa shape index (κ1) is 17.8. The molecule has 0 atom stereocenters. The van der Waals surface area contributed by atoms with Crippen LogP contribution in [0.2, 0.25) is 0 Å². The van der Waals surface area contributed by atoms with Gasteiger partial charge >= 0.3 is 0 Å². The quantitative estimate of drug-likeness (QED) is 0.799. The van der Waals surface area contributed by atoms with E-state index in [4.69, 9.17) is 12.2 Å².